The molecule has 158 valence electrons. The monoisotopic (exact) mass is 419 g/mol. The number of hydrogen-bond acceptors (Lipinski definition) is 6. The molecule has 7 nitrogen and oxygen atoms in total. The average molecular weight is 419 g/mol. The zero-order valence-electron chi connectivity index (χ0n) is 17.3. The van der Waals surface area contributed by atoms with Gasteiger partial charge in [0, 0.05) is 29.1 Å². The first kappa shape index (κ1) is 20.5. The molecular formula is C24H21NO6. The number of amides is 2. The van der Waals surface area contributed by atoms with Crippen LogP contribution in [0.2, 0.25) is 0 Å². The van der Waals surface area contributed by atoms with Gasteiger partial charge in [-0.15, -0.1) is 0 Å². The van der Waals surface area contributed by atoms with Crippen molar-refractivity contribution in [3.63, 3.8) is 0 Å². The Hall–Kier alpha value is -3.74. The Labute approximate surface area is 178 Å². The molecule has 2 aromatic carbocycles. The molecule has 3 aromatic rings. The highest BCUT2D eigenvalue weighted by molar-refractivity contribution is 6.09. The summed E-state index contributed by atoms with van der Waals surface area (Å²) in [5.74, 6) is -1.31. The van der Waals surface area contributed by atoms with Crippen LogP contribution in [0.5, 0.6) is 0 Å². The van der Waals surface area contributed by atoms with Crippen molar-refractivity contribution in [3.05, 3.63) is 80.7 Å². The van der Waals surface area contributed by atoms with Gasteiger partial charge in [-0.1, -0.05) is 18.2 Å². The molecule has 0 fully saturated rings. The number of esters is 1. The minimum Gasteiger partial charge on any atom is -0.461 e. The van der Waals surface area contributed by atoms with Crippen LogP contribution in [0.1, 0.15) is 39.0 Å². The average Bonchev–Trinajstić information content (AvgIpc) is 2.73. The van der Waals surface area contributed by atoms with Gasteiger partial charge < -0.3 is 9.15 Å². The van der Waals surface area contributed by atoms with Crippen LogP contribution in [-0.4, -0.2) is 29.2 Å². The van der Waals surface area contributed by atoms with Gasteiger partial charge in [-0.2, -0.15) is 0 Å². The number of rotatable bonds is 5. The number of benzene rings is 2. The number of carbonyl (C=O) groups is 3. The van der Waals surface area contributed by atoms with Crippen LogP contribution in [0.4, 0.5) is 0 Å². The second kappa shape index (κ2) is 8.18. The summed E-state index contributed by atoms with van der Waals surface area (Å²) in [7, 11) is 0. The summed E-state index contributed by atoms with van der Waals surface area (Å²) in [6, 6.07) is 11.9. The van der Waals surface area contributed by atoms with E-state index in [2.05, 4.69) is 0 Å². The van der Waals surface area contributed by atoms with Gasteiger partial charge in [-0.05, 0) is 48.7 Å². The lowest BCUT2D eigenvalue weighted by atomic mass is 9.98. The Morgan fingerprint density at radius 3 is 2.61 bits per heavy atom. The van der Waals surface area contributed by atoms with Gasteiger partial charge in [0.15, 0.2) is 0 Å². The molecule has 2 amide bonds. The largest absolute Gasteiger partial charge is 0.461 e. The van der Waals surface area contributed by atoms with E-state index in [0.717, 1.165) is 16.0 Å². The summed E-state index contributed by atoms with van der Waals surface area (Å²) in [5.41, 5.74) is 3.63. The van der Waals surface area contributed by atoms with Crippen LogP contribution >= 0.6 is 0 Å². The molecule has 0 bridgehead atoms. The maximum Gasteiger partial charge on any atom is 0.336 e. The molecule has 0 N–H and O–H groups in total. The van der Waals surface area contributed by atoms with Crippen molar-refractivity contribution < 1.29 is 23.5 Å². The van der Waals surface area contributed by atoms with Crippen molar-refractivity contribution in [2.75, 3.05) is 6.54 Å². The first-order valence-electron chi connectivity index (χ1n) is 9.95. The highest BCUT2D eigenvalue weighted by atomic mass is 16.5. The molecule has 0 radical (unpaired) electrons. The quantitative estimate of drug-likeness (QED) is 0.358. The summed E-state index contributed by atoms with van der Waals surface area (Å²) in [4.78, 5) is 50.1. The molecule has 7 heteroatoms. The summed E-state index contributed by atoms with van der Waals surface area (Å²) in [5, 5.41) is 0.702. The Kier molecular flexibility index (Phi) is 5.42. The van der Waals surface area contributed by atoms with Gasteiger partial charge in [0.25, 0.3) is 5.91 Å². The Morgan fingerprint density at radius 1 is 1.06 bits per heavy atom. The van der Waals surface area contributed by atoms with Crippen LogP contribution in [0.15, 0.2) is 51.7 Å². The zero-order valence-corrected chi connectivity index (χ0v) is 17.3. The summed E-state index contributed by atoms with van der Waals surface area (Å²) < 4.78 is 10.6. The van der Waals surface area contributed by atoms with Crippen LogP contribution in [-0.2, 0) is 27.4 Å². The number of ether oxygens (including phenoxy) is 1. The molecule has 31 heavy (non-hydrogen) atoms. The number of hydrogen-bond donors (Lipinski definition) is 0. The molecule has 0 atom stereocenters. The van der Waals surface area contributed by atoms with Crippen molar-refractivity contribution in [1.82, 2.24) is 4.90 Å². The van der Waals surface area contributed by atoms with Crippen LogP contribution in [0, 0.1) is 13.8 Å². The second-order valence-corrected chi connectivity index (χ2v) is 7.62. The molecule has 0 saturated carbocycles. The lowest BCUT2D eigenvalue weighted by Crippen LogP contribution is -2.43. The predicted molar refractivity (Wildman–Crippen MR) is 113 cm³/mol. The lowest BCUT2D eigenvalue weighted by Gasteiger charge is -2.26. The van der Waals surface area contributed by atoms with E-state index in [4.69, 9.17) is 9.15 Å². The fraction of sp³-hybridized carbons (Fsp3) is 0.250. The third-order valence-electron chi connectivity index (χ3n) is 5.51. The third-order valence-corrected chi connectivity index (χ3v) is 5.51. The van der Waals surface area contributed by atoms with Gasteiger partial charge in [-0.3, -0.25) is 19.3 Å². The number of carbonyl (C=O) groups excluding carboxylic acids is 3. The fourth-order valence-electron chi connectivity index (χ4n) is 3.66. The van der Waals surface area contributed by atoms with E-state index < -0.39 is 17.5 Å². The van der Waals surface area contributed by atoms with E-state index in [9.17, 15) is 19.2 Å². The number of fused-ring (bicyclic) bond motifs is 2. The standard InChI is InChI=1S/C24H21NO6/c1-14-9-19-17(12-23(28)31-20(19)10-15(14)2)13-30-22(27)7-8-25-21(26)11-16-5-3-4-6-18(16)24(25)29/h3-6,9-10,12H,7-8,11,13H2,1-2H3. The van der Waals surface area contributed by atoms with Crippen LogP contribution in [0.25, 0.3) is 11.0 Å². The van der Waals surface area contributed by atoms with Crippen molar-refractivity contribution in [1.29, 1.82) is 0 Å². The number of imide groups is 1. The minimum absolute atomic E-state index is 0.0547. The Morgan fingerprint density at radius 2 is 1.81 bits per heavy atom. The molecule has 0 unspecified atom stereocenters. The molecule has 1 aliphatic rings. The Balaban J connectivity index is 1.43. The molecule has 4 rings (SSSR count). The molecule has 0 aliphatic carbocycles. The highest BCUT2D eigenvalue weighted by Crippen LogP contribution is 2.23. The lowest BCUT2D eigenvalue weighted by molar-refractivity contribution is -0.145. The fourth-order valence-corrected chi connectivity index (χ4v) is 3.66. The van der Waals surface area contributed by atoms with Crippen molar-refractivity contribution in [3.8, 4) is 0 Å². The van der Waals surface area contributed by atoms with Crippen LogP contribution < -0.4 is 5.63 Å². The number of nitrogens with zero attached hydrogens (tertiary/aromatic N) is 1. The van der Waals surface area contributed by atoms with Gasteiger partial charge in [0.1, 0.15) is 12.2 Å². The van der Waals surface area contributed by atoms with E-state index >= 15 is 0 Å². The smallest absolute Gasteiger partial charge is 0.336 e. The first-order chi connectivity index (χ1) is 14.8. The van der Waals surface area contributed by atoms with E-state index in [1.54, 1.807) is 30.3 Å². The third kappa shape index (κ3) is 4.12. The van der Waals surface area contributed by atoms with E-state index in [1.165, 1.54) is 6.07 Å². The van der Waals surface area contributed by atoms with Crippen molar-refractivity contribution in [2.24, 2.45) is 0 Å². The van der Waals surface area contributed by atoms with Crippen LogP contribution in [0.3, 0.4) is 0 Å². The molecule has 1 aromatic heterocycles. The van der Waals surface area contributed by atoms with Gasteiger partial charge in [0.05, 0.1) is 12.8 Å². The second-order valence-electron chi connectivity index (χ2n) is 7.62. The van der Waals surface area contributed by atoms with Gasteiger partial charge in [0.2, 0.25) is 5.91 Å². The zero-order chi connectivity index (χ0) is 22.1. The molecule has 0 spiro atoms. The maximum atomic E-state index is 12.6. The normalized spacial score (nSPS) is 13.4. The SMILES string of the molecule is Cc1cc2oc(=O)cc(COC(=O)CCN3C(=O)Cc4ccccc4C3=O)c2cc1C. The Bertz CT molecular complexity index is 1270. The predicted octanol–water partition coefficient (Wildman–Crippen LogP) is 3.07. The summed E-state index contributed by atoms with van der Waals surface area (Å²) in [6.45, 7) is 3.71. The number of aryl methyl sites for hydroxylation is 2. The van der Waals surface area contributed by atoms with E-state index in [-0.39, 0.29) is 31.9 Å². The summed E-state index contributed by atoms with van der Waals surface area (Å²) >= 11 is 0. The summed E-state index contributed by atoms with van der Waals surface area (Å²) in [6.07, 6.45) is -0.00132. The topological polar surface area (TPSA) is 93.9 Å². The van der Waals surface area contributed by atoms with Gasteiger partial charge in [-0.25, -0.2) is 4.79 Å². The first-order valence-corrected chi connectivity index (χ1v) is 9.95. The van der Waals surface area contributed by atoms with E-state index in [1.807, 2.05) is 19.9 Å². The molecule has 0 saturated heterocycles. The molecule has 1 aliphatic heterocycles. The highest BCUT2D eigenvalue weighted by Gasteiger charge is 2.30. The van der Waals surface area contributed by atoms with Crippen molar-refractivity contribution >= 4 is 28.8 Å². The minimum atomic E-state index is -0.565. The maximum absolute atomic E-state index is 12.6. The van der Waals surface area contributed by atoms with E-state index in [0.29, 0.717) is 27.7 Å². The molecule has 2 heterocycles. The molecular weight excluding hydrogens is 398 g/mol. The van der Waals surface area contributed by atoms with Crippen molar-refractivity contribution in [2.45, 2.75) is 33.3 Å². The van der Waals surface area contributed by atoms with Gasteiger partial charge >= 0.3 is 11.6 Å².